The quantitative estimate of drug-likeness (QED) is 0.565. The summed E-state index contributed by atoms with van der Waals surface area (Å²) in [5.41, 5.74) is -1.55. The molecule has 1 aliphatic carbocycles. The molecule has 0 spiro atoms. The standard InChI is InChI=1S/C23H18ClF3O2/c24-19-12-11-17(23(25,26)27)13-18(19)22(20(28)29)14-21(22,15-7-3-1-4-8-15)16-9-5-2-6-10-16/h1-13,20,28-29H,14H2/t22-/m0/s1. The van der Waals surface area contributed by atoms with Gasteiger partial charge in [0.15, 0.2) is 6.29 Å². The largest absolute Gasteiger partial charge is 0.416 e. The number of aliphatic hydroxyl groups is 2. The molecule has 1 fully saturated rings. The lowest BCUT2D eigenvalue weighted by molar-refractivity contribution is -0.137. The van der Waals surface area contributed by atoms with Crippen molar-refractivity contribution in [3.05, 3.63) is 106 Å². The van der Waals surface area contributed by atoms with Gasteiger partial charge in [-0.1, -0.05) is 72.3 Å². The van der Waals surface area contributed by atoms with Crippen LogP contribution in [0.3, 0.4) is 0 Å². The number of benzene rings is 3. The fourth-order valence-electron chi connectivity index (χ4n) is 4.52. The number of hydrogen-bond acceptors (Lipinski definition) is 2. The van der Waals surface area contributed by atoms with Gasteiger partial charge in [0.05, 0.1) is 11.0 Å². The Morgan fingerprint density at radius 3 is 1.79 bits per heavy atom. The van der Waals surface area contributed by atoms with E-state index in [4.69, 9.17) is 11.6 Å². The van der Waals surface area contributed by atoms with Crippen LogP contribution in [0.1, 0.15) is 28.7 Å². The predicted octanol–water partition coefficient (Wildman–Crippen LogP) is 5.30. The normalized spacial score (nSPS) is 20.7. The van der Waals surface area contributed by atoms with Crippen LogP contribution in [0.25, 0.3) is 0 Å². The first-order valence-corrected chi connectivity index (χ1v) is 9.46. The van der Waals surface area contributed by atoms with Crippen LogP contribution in [0, 0.1) is 0 Å². The monoisotopic (exact) mass is 418 g/mol. The van der Waals surface area contributed by atoms with Gasteiger partial charge >= 0.3 is 6.18 Å². The van der Waals surface area contributed by atoms with E-state index in [2.05, 4.69) is 0 Å². The van der Waals surface area contributed by atoms with E-state index in [1.54, 1.807) is 0 Å². The number of hydrogen-bond donors (Lipinski definition) is 2. The van der Waals surface area contributed by atoms with Gasteiger partial charge in [-0.15, -0.1) is 0 Å². The summed E-state index contributed by atoms with van der Waals surface area (Å²) in [4.78, 5) is 0. The predicted molar refractivity (Wildman–Crippen MR) is 105 cm³/mol. The molecular weight excluding hydrogens is 401 g/mol. The second-order valence-corrected chi connectivity index (χ2v) is 7.76. The molecular formula is C23H18ClF3O2. The average Bonchev–Trinajstić information content (AvgIpc) is 3.41. The first-order chi connectivity index (χ1) is 13.7. The van der Waals surface area contributed by atoms with Gasteiger partial charge in [-0.2, -0.15) is 13.2 Å². The van der Waals surface area contributed by atoms with Crippen LogP contribution in [-0.4, -0.2) is 16.5 Å². The Morgan fingerprint density at radius 2 is 1.34 bits per heavy atom. The zero-order valence-corrected chi connectivity index (χ0v) is 16.0. The summed E-state index contributed by atoms with van der Waals surface area (Å²) in [6.07, 6.45) is -6.27. The molecule has 1 aliphatic rings. The molecule has 0 radical (unpaired) electrons. The zero-order chi connectivity index (χ0) is 20.9. The van der Waals surface area contributed by atoms with E-state index in [0.29, 0.717) is 0 Å². The smallest absolute Gasteiger partial charge is 0.367 e. The van der Waals surface area contributed by atoms with Crippen molar-refractivity contribution in [2.24, 2.45) is 0 Å². The van der Waals surface area contributed by atoms with Gasteiger partial charge in [0.1, 0.15) is 0 Å². The summed E-state index contributed by atoms with van der Waals surface area (Å²) in [6, 6.07) is 21.3. The molecule has 150 valence electrons. The van der Waals surface area contributed by atoms with Crippen LogP contribution in [0.15, 0.2) is 78.9 Å². The van der Waals surface area contributed by atoms with Gasteiger partial charge in [0.25, 0.3) is 0 Å². The van der Waals surface area contributed by atoms with Crippen molar-refractivity contribution in [2.45, 2.75) is 29.7 Å². The SMILES string of the molecule is OC(O)[C@@]1(c2cc(C(F)(F)F)ccc2Cl)CC1(c1ccccc1)c1ccccc1. The summed E-state index contributed by atoms with van der Waals surface area (Å²) < 4.78 is 40.1. The second kappa shape index (κ2) is 6.87. The molecule has 0 aromatic heterocycles. The van der Waals surface area contributed by atoms with Crippen molar-refractivity contribution in [3.63, 3.8) is 0 Å². The molecule has 4 rings (SSSR count). The highest BCUT2D eigenvalue weighted by Gasteiger charge is 2.73. The van der Waals surface area contributed by atoms with Crippen molar-refractivity contribution in [2.75, 3.05) is 0 Å². The maximum absolute atomic E-state index is 13.4. The van der Waals surface area contributed by atoms with Crippen LogP contribution in [0.5, 0.6) is 0 Å². The highest BCUT2D eigenvalue weighted by atomic mass is 35.5. The third-order valence-corrected chi connectivity index (χ3v) is 6.26. The first-order valence-electron chi connectivity index (χ1n) is 9.08. The molecule has 1 saturated carbocycles. The minimum Gasteiger partial charge on any atom is -0.367 e. The minimum absolute atomic E-state index is 0.0693. The van der Waals surface area contributed by atoms with E-state index in [0.717, 1.165) is 23.3 Å². The Morgan fingerprint density at radius 1 is 0.828 bits per heavy atom. The molecule has 0 bridgehead atoms. The summed E-state index contributed by atoms with van der Waals surface area (Å²) in [5.74, 6) is 0. The van der Waals surface area contributed by atoms with E-state index in [1.807, 2.05) is 60.7 Å². The maximum atomic E-state index is 13.4. The van der Waals surface area contributed by atoms with Gasteiger partial charge in [0, 0.05) is 10.4 Å². The molecule has 0 aliphatic heterocycles. The van der Waals surface area contributed by atoms with E-state index < -0.39 is 28.9 Å². The van der Waals surface area contributed by atoms with Gasteiger partial charge in [-0.05, 0) is 41.3 Å². The average molecular weight is 419 g/mol. The first kappa shape index (κ1) is 20.0. The van der Waals surface area contributed by atoms with Crippen molar-refractivity contribution >= 4 is 11.6 Å². The molecule has 2 nitrogen and oxygen atoms in total. The Labute approximate surface area is 171 Å². The van der Waals surface area contributed by atoms with Crippen molar-refractivity contribution in [1.29, 1.82) is 0 Å². The summed E-state index contributed by atoms with van der Waals surface area (Å²) in [6.45, 7) is 0. The molecule has 0 heterocycles. The lowest BCUT2D eigenvalue weighted by Gasteiger charge is -2.30. The van der Waals surface area contributed by atoms with Crippen LogP contribution < -0.4 is 0 Å². The maximum Gasteiger partial charge on any atom is 0.416 e. The third kappa shape index (κ3) is 2.96. The molecule has 0 amide bonds. The minimum atomic E-state index is -4.57. The van der Waals surface area contributed by atoms with E-state index >= 15 is 0 Å². The van der Waals surface area contributed by atoms with Crippen LogP contribution in [0.2, 0.25) is 5.02 Å². The van der Waals surface area contributed by atoms with E-state index in [9.17, 15) is 23.4 Å². The van der Waals surface area contributed by atoms with Gasteiger partial charge in [-0.3, -0.25) is 0 Å². The Kier molecular flexibility index (Phi) is 4.73. The van der Waals surface area contributed by atoms with Crippen molar-refractivity contribution < 1.29 is 23.4 Å². The fourth-order valence-corrected chi connectivity index (χ4v) is 4.81. The van der Waals surface area contributed by atoms with Crippen molar-refractivity contribution in [1.82, 2.24) is 0 Å². The Hall–Kier alpha value is -2.34. The van der Waals surface area contributed by atoms with E-state index in [-0.39, 0.29) is 17.0 Å². The number of alkyl halides is 3. The highest BCUT2D eigenvalue weighted by molar-refractivity contribution is 6.31. The van der Waals surface area contributed by atoms with Crippen LogP contribution in [0.4, 0.5) is 13.2 Å². The highest BCUT2D eigenvalue weighted by Crippen LogP contribution is 2.71. The van der Waals surface area contributed by atoms with Gasteiger partial charge < -0.3 is 10.2 Å². The number of rotatable bonds is 4. The van der Waals surface area contributed by atoms with Gasteiger partial charge in [-0.25, -0.2) is 0 Å². The third-order valence-electron chi connectivity index (χ3n) is 5.93. The summed E-state index contributed by atoms with van der Waals surface area (Å²) in [7, 11) is 0. The molecule has 2 N–H and O–H groups in total. The number of aliphatic hydroxyl groups excluding tert-OH is 1. The molecule has 3 aromatic carbocycles. The van der Waals surface area contributed by atoms with Crippen molar-refractivity contribution in [3.8, 4) is 0 Å². The molecule has 6 heteroatoms. The summed E-state index contributed by atoms with van der Waals surface area (Å²) >= 11 is 6.33. The summed E-state index contributed by atoms with van der Waals surface area (Å²) in [5, 5.41) is 21.0. The molecule has 0 saturated heterocycles. The van der Waals surface area contributed by atoms with Crippen LogP contribution >= 0.6 is 11.6 Å². The molecule has 29 heavy (non-hydrogen) atoms. The fraction of sp³-hybridized carbons (Fsp3) is 0.217. The second-order valence-electron chi connectivity index (χ2n) is 7.35. The lowest BCUT2D eigenvalue weighted by Crippen LogP contribution is -2.35. The number of halogens is 4. The van der Waals surface area contributed by atoms with E-state index in [1.165, 1.54) is 6.07 Å². The molecule has 0 unspecified atom stereocenters. The molecule has 1 atom stereocenters. The Bertz CT molecular complexity index is 980. The Balaban J connectivity index is 2.00. The van der Waals surface area contributed by atoms with Crippen LogP contribution in [-0.2, 0) is 17.0 Å². The topological polar surface area (TPSA) is 40.5 Å². The lowest BCUT2D eigenvalue weighted by atomic mass is 9.76. The molecule has 3 aromatic rings. The van der Waals surface area contributed by atoms with Gasteiger partial charge in [0.2, 0.25) is 0 Å². The zero-order valence-electron chi connectivity index (χ0n) is 15.2.